The Morgan fingerprint density at radius 3 is 2.87 bits per heavy atom. The van der Waals surface area contributed by atoms with Crippen LogP contribution in [0.2, 0.25) is 0 Å². The van der Waals surface area contributed by atoms with Gasteiger partial charge in [-0.15, -0.1) is 0 Å². The molecule has 0 saturated heterocycles. The van der Waals surface area contributed by atoms with Crippen molar-refractivity contribution in [3.63, 3.8) is 0 Å². The number of hydrogen-bond donors (Lipinski definition) is 1. The maximum Gasteiger partial charge on any atom is 0.107 e. The van der Waals surface area contributed by atoms with E-state index in [1.165, 1.54) is 17.7 Å². The minimum Gasteiger partial charge on any atom is -0.466 e. The lowest BCUT2D eigenvalue weighted by Gasteiger charge is -2.37. The molecule has 1 heterocycles. The van der Waals surface area contributed by atoms with Gasteiger partial charge in [0.25, 0.3) is 0 Å². The van der Waals surface area contributed by atoms with Gasteiger partial charge in [0.15, 0.2) is 0 Å². The molecule has 1 aliphatic rings. The van der Waals surface area contributed by atoms with Crippen LogP contribution in [0, 0.1) is 5.41 Å². The van der Waals surface area contributed by atoms with E-state index < -0.39 is 0 Å². The van der Waals surface area contributed by atoms with E-state index in [9.17, 15) is 0 Å². The highest BCUT2D eigenvalue weighted by Crippen LogP contribution is 2.45. The van der Waals surface area contributed by atoms with Gasteiger partial charge in [-0.2, -0.15) is 0 Å². The van der Waals surface area contributed by atoms with Crippen LogP contribution in [0.5, 0.6) is 0 Å². The summed E-state index contributed by atoms with van der Waals surface area (Å²) >= 11 is 0. The average Bonchev–Trinajstić information content (AvgIpc) is 2.59. The van der Waals surface area contributed by atoms with Crippen LogP contribution in [0.4, 0.5) is 0 Å². The van der Waals surface area contributed by atoms with Crippen molar-refractivity contribution in [2.75, 3.05) is 6.54 Å². The molecule has 84 valence electrons. The largest absolute Gasteiger partial charge is 0.466 e. The number of furan rings is 1. The molecule has 15 heavy (non-hydrogen) atoms. The van der Waals surface area contributed by atoms with Crippen molar-refractivity contribution < 1.29 is 4.42 Å². The zero-order chi connectivity index (χ0) is 11.1. The van der Waals surface area contributed by atoms with Gasteiger partial charge >= 0.3 is 0 Å². The van der Waals surface area contributed by atoms with E-state index in [2.05, 4.69) is 26.8 Å². The van der Waals surface area contributed by atoms with Crippen LogP contribution < -0.4 is 5.73 Å². The Morgan fingerprint density at radius 1 is 1.53 bits per heavy atom. The molecule has 0 radical (unpaired) electrons. The smallest absolute Gasteiger partial charge is 0.107 e. The molecule has 0 saturated carbocycles. The monoisotopic (exact) mass is 207 g/mol. The number of rotatable bonds is 2. The Morgan fingerprint density at radius 2 is 2.27 bits per heavy atom. The highest BCUT2D eigenvalue weighted by molar-refractivity contribution is 5.31. The minimum absolute atomic E-state index is 0.316. The molecule has 2 rings (SSSR count). The summed E-state index contributed by atoms with van der Waals surface area (Å²) in [6.07, 6.45) is 3.22. The van der Waals surface area contributed by atoms with Crippen molar-refractivity contribution in [2.24, 2.45) is 11.1 Å². The molecule has 2 N–H and O–H groups in total. The van der Waals surface area contributed by atoms with Crippen LogP contribution in [0.1, 0.15) is 50.2 Å². The number of fused-ring (bicyclic) bond motifs is 1. The van der Waals surface area contributed by atoms with Gasteiger partial charge in [0.05, 0.1) is 0 Å². The van der Waals surface area contributed by atoms with Crippen molar-refractivity contribution in [1.29, 1.82) is 0 Å². The normalized spacial score (nSPS) is 23.9. The highest BCUT2D eigenvalue weighted by Gasteiger charge is 2.36. The Bertz CT molecular complexity index is 351. The average molecular weight is 207 g/mol. The second kappa shape index (κ2) is 3.67. The molecule has 1 atom stereocenters. The Kier molecular flexibility index (Phi) is 2.63. The third-order valence-corrected chi connectivity index (χ3v) is 3.79. The Balaban J connectivity index is 2.41. The first-order valence-electron chi connectivity index (χ1n) is 5.90. The summed E-state index contributed by atoms with van der Waals surface area (Å²) in [4.78, 5) is 0. The predicted molar refractivity (Wildman–Crippen MR) is 62.0 cm³/mol. The first-order valence-corrected chi connectivity index (χ1v) is 5.90. The number of aryl methyl sites for hydroxylation is 2. The molecule has 1 aromatic rings. The SMILES string of the molecule is CCc1cc2c(o1)CCC(C)(C)C2CN. The van der Waals surface area contributed by atoms with Crippen LogP contribution in [0.15, 0.2) is 10.5 Å². The predicted octanol–water partition coefficient (Wildman–Crippen LogP) is 2.86. The van der Waals surface area contributed by atoms with Gasteiger partial charge in [0, 0.05) is 18.8 Å². The number of hydrogen-bond acceptors (Lipinski definition) is 2. The van der Waals surface area contributed by atoms with Gasteiger partial charge in [-0.25, -0.2) is 0 Å². The van der Waals surface area contributed by atoms with Crippen molar-refractivity contribution in [1.82, 2.24) is 0 Å². The zero-order valence-corrected chi connectivity index (χ0v) is 9.97. The van der Waals surface area contributed by atoms with Crippen LogP contribution in [-0.2, 0) is 12.8 Å². The molecule has 0 bridgehead atoms. The molecule has 0 fully saturated rings. The Hall–Kier alpha value is -0.760. The molecular formula is C13H21NO. The van der Waals surface area contributed by atoms with Gasteiger partial charge in [-0.05, 0) is 30.0 Å². The summed E-state index contributed by atoms with van der Waals surface area (Å²) in [5, 5.41) is 0. The molecule has 2 heteroatoms. The zero-order valence-electron chi connectivity index (χ0n) is 9.97. The van der Waals surface area contributed by atoms with E-state index in [0.29, 0.717) is 11.3 Å². The summed E-state index contributed by atoms with van der Waals surface area (Å²) in [5.74, 6) is 2.75. The molecule has 0 aliphatic heterocycles. The molecule has 0 spiro atoms. The van der Waals surface area contributed by atoms with Gasteiger partial charge in [0.1, 0.15) is 11.5 Å². The fourth-order valence-corrected chi connectivity index (χ4v) is 2.64. The lowest BCUT2D eigenvalue weighted by atomic mass is 9.68. The van der Waals surface area contributed by atoms with Gasteiger partial charge in [-0.1, -0.05) is 20.8 Å². The second-order valence-electron chi connectivity index (χ2n) is 5.22. The molecule has 2 nitrogen and oxygen atoms in total. The fourth-order valence-electron chi connectivity index (χ4n) is 2.64. The third kappa shape index (κ3) is 1.71. The standard InChI is InChI=1S/C13H21NO/c1-4-9-7-10-11(8-14)13(2,3)6-5-12(10)15-9/h7,11H,4-6,8,14H2,1-3H3. The first-order chi connectivity index (χ1) is 7.08. The summed E-state index contributed by atoms with van der Waals surface area (Å²) < 4.78 is 5.83. The molecule has 1 aromatic heterocycles. The highest BCUT2D eigenvalue weighted by atomic mass is 16.3. The Labute approximate surface area is 91.8 Å². The van der Waals surface area contributed by atoms with E-state index in [0.717, 1.165) is 25.1 Å². The fraction of sp³-hybridized carbons (Fsp3) is 0.692. The van der Waals surface area contributed by atoms with Gasteiger partial charge < -0.3 is 10.2 Å². The van der Waals surface area contributed by atoms with E-state index in [1.807, 2.05) is 0 Å². The molecule has 0 aromatic carbocycles. The van der Waals surface area contributed by atoms with E-state index in [1.54, 1.807) is 0 Å². The first kappa shape index (κ1) is 10.7. The number of nitrogens with two attached hydrogens (primary N) is 1. The second-order valence-corrected chi connectivity index (χ2v) is 5.22. The maximum absolute atomic E-state index is 5.90. The molecule has 0 amide bonds. The van der Waals surface area contributed by atoms with Crippen molar-refractivity contribution in [2.45, 2.75) is 46.0 Å². The topological polar surface area (TPSA) is 39.2 Å². The van der Waals surface area contributed by atoms with Crippen molar-refractivity contribution in [3.8, 4) is 0 Å². The van der Waals surface area contributed by atoms with Crippen LogP contribution in [-0.4, -0.2) is 6.54 Å². The van der Waals surface area contributed by atoms with Crippen LogP contribution in [0.25, 0.3) is 0 Å². The minimum atomic E-state index is 0.316. The quantitative estimate of drug-likeness (QED) is 0.810. The summed E-state index contributed by atoms with van der Waals surface area (Å²) in [6.45, 7) is 7.48. The van der Waals surface area contributed by atoms with Crippen LogP contribution >= 0.6 is 0 Å². The third-order valence-electron chi connectivity index (χ3n) is 3.79. The van der Waals surface area contributed by atoms with Gasteiger partial charge in [-0.3, -0.25) is 0 Å². The molecule has 1 aliphatic carbocycles. The summed E-state index contributed by atoms with van der Waals surface area (Å²) in [6, 6.07) is 2.22. The van der Waals surface area contributed by atoms with Crippen LogP contribution in [0.3, 0.4) is 0 Å². The molecule has 1 unspecified atom stereocenters. The summed E-state index contributed by atoms with van der Waals surface area (Å²) in [5.41, 5.74) is 7.59. The van der Waals surface area contributed by atoms with E-state index in [-0.39, 0.29) is 0 Å². The van der Waals surface area contributed by atoms with E-state index >= 15 is 0 Å². The van der Waals surface area contributed by atoms with E-state index in [4.69, 9.17) is 10.2 Å². The summed E-state index contributed by atoms with van der Waals surface area (Å²) in [7, 11) is 0. The van der Waals surface area contributed by atoms with Crippen molar-refractivity contribution >= 4 is 0 Å². The lowest BCUT2D eigenvalue weighted by Crippen LogP contribution is -2.32. The van der Waals surface area contributed by atoms with Crippen molar-refractivity contribution in [3.05, 3.63) is 23.2 Å². The maximum atomic E-state index is 5.90. The molecular weight excluding hydrogens is 186 g/mol. The van der Waals surface area contributed by atoms with Gasteiger partial charge in [0.2, 0.25) is 0 Å². The lowest BCUT2D eigenvalue weighted by molar-refractivity contribution is 0.235.